The first kappa shape index (κ1) is 18.5. The standard InChI is InChI=1S/C15H18F3NO2S2/c16-15(17,18)10-21-7-6-19-13(20)11-2-4-12(5-3-11)14-22-8-1-9-23-14/h2-5,14H,1,6-10H2,(H,19,20). The van der Waals surface area contributed by atoms with Gasteiger partial charge in [-0.25, -0.2) is 0 Å². The number of alkyl halides is 3. The molecule has 1 amide bonds. The zero-order valence-corrected chi connectivity index (χ0v) is 14.0. The summed E-state index contributed by atoms with van der Waals surface area (Å²) in [5.74, 6) is 1.99. The number of thioether (sulfide) groups is 2. The lowest BCUT2D eigenvalue weighted by Crippen LogP contribution is -2.28. The van der Waals surface area contributed by atoms with Gasteiger partial charge in [-0.15, -0.1) is 23.5 Å². The number of hydrogen-bond acceptors (Lipinski definition) is 4. The summed E-state index contributed by atoms with van der Waals surface area (Å²) in [6.45, 7) is -1.42. The SMILES string of the molecule is O=C(NCCOCC(F)(F)F)c1ccc(C2SCCCS2)cc1. The number of carbonyl (C=O) groups excluding carboxylic acids is 1. The molecule has 0 aliphatic carbocycles. The largest absolute Gasteiger partial charge is 0.411 e. The Bertz CT molecular complexity index is 502. The topological polar surface area (TPSA) is 38.3 Å². The third-order valence-electron chi connectivity index (χ3n) is 3.07. The molecular weight excluding hydrogens is 347 g/mol. The van der Waals surface area contributed by atoms with Crippen LogP contribution in [-0.4, -0.2) is 43.3 Å². The van der Waals surface area contributed by atoms with E-state index in [-0.39, 0.29) is 19.1 Å². The van der Waals surface area contributed by atoms with Crippen molar-refractivity contribution in [3.05, 3.63) is 35.4 Å². The number of ether oxygens (including phenoxy) is 1. The average molecular weight is 365 g/mol. The van der Waals surface area contributed by atoms with Crippen LogP contribution in [0.1, 0.15) is 26.9 Å². The number of nitrogens with one attached hydrogen (secondary N) is 1. The summed E-state index contributed by atoms with van der Waals surface area (Å²) in [5, 5.41) is 2.54. The fraction of sp³-hybridized carbons (Fsp3) is 0.533. The summed E-state index contributed by atoms with van der Waals surface area (Å²) in [4.78, 5) is 11.9. The highest BCUT2D eigenvalue weighted by Crippen LogP contribution is 2.43. The van der Waals surface area contributed by atoms with Crippen molar-refractivity contribution in [3.8, 4) is 0 Å². The number of rotatable bonds is 6. The molecular formula is C15H18F3NO2S2. The molecule has 1 aliphatic rings. The minimum Gasteiger partial charge on any atom is -0.370 e. The first-order valence-corrected chi connectivity index (χ1v) is 9.31. The number of benzene rings is 1. The predicted molar refractivity (Wildman–Crippen MR) is 87.9 cm³/mol. The van der Waals surface area contributed by atoms with Crippen LogP contribution < -0.4 is 5.32 Å². The fourth-order valence-corrected chi connectivity index (χ4v) is 4.89. The summed E-state index contributed by atoms with van der Waals surface area (Å²) in [7, 11) is 0. The monoisotopic (exact) mass is 365 g/mol. The molecule has 0 saturated carbocycles. The first-order valence-electron chi connectivity index (χ1n) is 7.21. The van der Waals surface area contributed by atoms with Crippen LogP contribution in [0.25, 0.3) is 0 Å². The van der Waals surface area contributed by atoms with E-state index in [1.54, 1.807) is 12.1 Å². The van der Waals surface area contributed by atoms with Crippen molar-refractivity contribution in [3.63, 3.8) is 0 Å². The van der Waals surface area contributed by atoms with Gasteiger partial charge in [0.15, 0.2) is 0 Å². The molecule has 23 heavy (non-hydrogen) atoms. The summed E-state index contributed by atoms with van der Waals surface area (Å²) >= 11 is 3.81. The number of carbonyl (C=O) groups is 1. The molecule has 0 spiro atoms. The van der Waals surface area contributed by atoms with E-state index < -0.39 is 12.8 Å². The van der Waals surface area contributed by atoms with Crippen molar-refractivity contribution >= 4 is 29.4 Å². The maximum absolute atomic E-state index is 11.9. The minimum atomic E-state index is -4.34. The van der Waals surface area contributed by atoms with Crippen molar-refractivity contribution < 1.29 is 22.7 Å². The quantitative estimate of drug-likeness (QED) is 0.777. The lowest BCUT2D eigenvalue weighted by atomic mass is 10.1. The summed E-state index contributed by atoms with van der Waals surface area (Å²) in [5.41, 5.74) is 1.68. The molecule has 8 heteroatoms. The second-order valence-electron chi connectivity index (χ2n) is 4.97. The van der Waals surface area contributed by atoms with E-state index in [1.807, 2.05) is 35.7 Å². The highest BCUT2D eigenvalue weighted by Gasteiger charge is 2.27. The molecule has 0 radical (unpaired) electrons. The predicted octanol–water partition coefficient (Wildman–Crippen LogP) is 3.86. The van der Waals surface area contributed by atoms with Crippen LogP contribution in [0.15, 0.2) is 24.3 Å². The van der Waals surface area contributed by atoms with Gasteiger partial charge in [-0.3, -0.25) is 4.79 Å². The number of halogens is 3. The summed E-state index contributed by atoms with van der Waals surface area (Å²) < 4.78 is 40.5. The van der Waals surface area contributed by atoms with E-state index in [0.717, 1.165) is 11.5 Å². The Labute approximate surface area is 141 Å². The van der Waals surface area contributed by atoms with Gasteiger partial charge in [0.2, 0.25) is 0 Å². The fourth-order valence-electron chi connectivity index (χ4n) is 2.00. The van der Waals surface area contributed by atoms with Crippen molar-refractivity contribution in [2.75, 3.05) is 31.3 Å². The van der Waals surface area contributed by atoms with Gasteiger partial charge < -0.3 is 10.1 Å². The molecule has 1 heterocycles. The second kappa shape index (κ2) is 8.84. The van der Waals surface area contributed by atoms with Gasteiger partial charge in [0.25, 0.3) is 5.91 Å². The molecule has 2 rings (SSSR count). The van der Waals surface area contributed by atoms with Crippen molar-refractivity contribution in [1.29, 1.82) is 0 Å². The normalized spacial score (nSPS) is 16.3. The zero-order chi connectivity index (χ0) is 16.7. The molecule has 1 aromatic carbocycles. The van der Waals surface area contributed by atoms with E-state index in [0.29, 0.717) is 10.1 Å². The lowest BCUT2D eigenvalue weighted by Gasteiger charge is -2.21. The van der Waals surface area contributed by atoms with Gasteiger partial charge in [0.1, 0.15) is 6.61 Å². The maximum Gasteiger partial charge on any atom is 0.411 e. The van der Waals surface area contributed by atoms with E-state index in [2.05, 4.69) is 10.1 Å². The molecule has 0 atom stereocenters. The smallest absolute Gasteiger partial charge is 0.370 e. The summed E-state index contributed by atoms with van der Waals surface area (Å²) in [6, 6.07) is 7.37. The molecule has 0 aromatic heterocycles. The van der Waals surface area contributed by atoms with Crippen molar-refractivity contribution in [1.82, 2.24) is 5.32 Å². The van der Waals surface area contributed by atoms with Crippen molar-refractivity contribution in [2.45, 2.75) is 17.2 Å². The molecule has 1 aromatic rings. The Hall–Kier alpha value is -0.860. The lowest BCUT2D eigenvalue weighted by molar-refractivity contribution is -0.173. The molecule has 0 unspecified atom stereocenters. The van der Waals surface area contributed by atoms with Gasteiger partial charge in [-0.1, -0.05) is 12.1 Å². The van der Waals surface area contributed by atoms with Crippen LogP contribution in [0.3, 0.4) is 0 Å². The Kier molecular flexibility index (Phi) is 7.10. The molecule has 128 valence electrons. The molecule has 0 bridgehead atoms. The average Bonchev–Trinajstić information content (AvgIpc) is 2.54. The molecule has 1 aliphatic heterocycles. The van der Waals surface area contributed by atoms with Crippen LogP contribution in [0.4, 0.5) is 13.2 Å². The number of amides is 1. The summed E-state index contributed by atoms with van der Waals surface area (Å²) in [6.07, 6.45) is -3.11. The van der Waals surface area contributed by atoms with Crippen LogP contribution in [-0.2, 0) is 4.74 Å². The van der Waals surface area contributed by atoms with Crippen molar-refractivity contribution in [2.24, 2.45) is 0 Å². The highest BCUT2D eigenvalue weighted by molar-refractivity contribution is 8.16. The van der Waals surface area contributed by atoms with Gasteiger partial charge in [-0.05, 0) is 35.6 Å². The molecule has 1 fully saturated rings. The Balaban J connectivity index is 1.74. The van der Waals surface area contributed by atoms with Gasteiger partial charge in [0.05, 0.1) is 11.2 Å². The van der Waals surface area contributed by atoms with E-state index in [1.165, 1.54) is 12.0 Å². The highest BCUT2D eigenvalue weighted by atomic mass is 32.2. The Morgan fingerprint density at radius 2 is 1.87 bits per heavy atom. The molecule has 1 N–H and O–H groups in total. The molecule has 1 saturated heterocycles. The van der Waals surface area contributed by atoms with Crippen LogP contribution in [0.5, 0.6) is 0 Å². The van der Waals surface area contributed by atoms with E-state index >= 15 is 0 Å². The Morgan fingerprint density at radius 3 is 2.48 bits per heavy atom. The minimum absolute atomic E-state index is 0.0466. The third kappa shape index (κ3) is 6.64. The third-order valence-corrected chi connectivity index (χ3v) is 6.08. The van der Waals surface area contributed by atoms with E-state index in [9.17, 15) is 18.0 Å². The second-order valence-corrected chi connectivity index (χ2v) is 7.70. The maximum atomic E-state index is 11.9. The number of hydrogen-bond donors (Lipinski definition) is 1. The van der Waals surface area contributed by atoms with E-state index in [4.69, 9.17) is 0 Å². The van der Waals surface area contributed by atoms with Crippen LogP contribution in [0, 0.1) is 0 Å². The van der Waals surface area contributed by atoms with Crippen LogP contribution >= 0.6 is 23.5 Å². The van der Waals surface area contributed by atoms with Gasteiger partial charge in [0, 0.05) is 12.1 Å². The first-order chi connectivity index (χ1) is 11.0. The zero-order valence-electron chi connectivity index (χ0n) is 12.4. The van der Waals surface area contributed by atoms with Gasteiger partial charge >= 0.3 is 6.18 Å². The van der Waals surface area contributed by atoms with Crippen LogP contribution in [0.2, 0.25) is 0 Å². The van der Waals surface area contributed by atoms with Gasteiger partial charge in [-0.2, -0.15) is 13.2 Å². The molecule has 3 nitrogen and oxygen atoms in total. The Morgan fingerprint density at radius 1 is 1.22 bits per heavy atom.